The number of aliphatic hydroxyl groups is 1. The summed E-state index contributed by atoms with van der Waals surface area (Å²) in [5.74, 6) is 0.588. The van der Waals surface area contributed by atoms with Crippen molar-refractivity contribution in [2.75, 3.05) is 24.6 Å². The predicted octanol–water partition coefficient (Wildman–Crippen LogP) is 2.01. The largest absolute Gasteiger partial charge is 0.396 e. The highest BCUT2D eigenvalue weighted by atomic mass is 35.5. The van der Waals surface area contributed by atoms with Crippen LogP contribution in [0.1, 0.15) is 18.4 Å². The number of halogens is 1. The van der Waals surface area contributed by atoms with E-state index < -0.39 is 0 Å². The lowest BCUT2D eigenvalue weighted by Crippen LogP contribution is -2.22. The van der Waals surface area contributed by atoms with Crippen LogP contribution in [0.2, 0.25) is 5.02 Å². The van der Waals surface area contributed by atoms with Gasteiger partial charge in [-0.3, -0.25) is 0 Å². The standard InChI is InChI=1S/C13H19ClN2O/c14-12-2-1-11(8-15)13(7-12)16-5-3-10(9-16)4-6-17/h1-2,7,10,17H,3-6,8-9,15H2. The van der Waals surface area contributed by atoms with Crippen LogP contribution in [0, 0.1) is 5.92 Å². The molecule has 0 radical (unpaired) electrons. The number of aliphatic hydroxyl groups excluding tert-OH is 1. The van der Waals surface area contributed by atoms with E-state index in [1.807, 2.05) is 18.2 Å². The van der Waals surface area contributed by atoms with Gasteiger partial charge in [0.25, 0.3) is 0 Å². The molecule has 1 aromatic carbocycles. The summed E-state index contributed by atoms with van der Waals surface area (Å²) < 4.78 is 0. The van der Waals surface area contributed by atoms with Gasteiger partial charge in [-0.2, -0.15) is 0 Å². The summed E-state index contributed by atoms with van der Waals surface area (Å²) in [5.41, 5.74) is 8.04. The SMILES string of the molecule is NCc1ccc(Cl)cc1N1CCC(CCO)C1. The van der Waals surface area contributed by atoms with Crippen molar-refractivity contribution in [1.82, 2.24) is 0 Å². The third kappa shape index (κ3) is 2.92. The zero-order valence-corrected chi connectivity index (χ0v) is 10.7. The van der Waals surface area contributed by atoms with Crippen molar-refractivity contribution in [3.8, 4) is 0 Å². The Morgan fingerprint density at radius 3 is 3.00 bits per heavy atom. The summed E-state index contributed by atoms with van der Waals surface area (Å²) in [4.78, 5) is 2.33. The maximum atomic E-state index is 8.97. The van der Waals surface area contributed by atoms with Crippen molar-refractivity contribution < 1.29 is 5.11 Å². The number of anilines is 1. The molecule has 3 nitrogen and oxygen atoms in total. The van der Waals surface area contributed by atoms with Crippen molar-refractivity contribution in [3.63, 3.8) is 0 Å². The summed E-state index contributed by atoms with van der Waals surface area (Å²) in [6.07, 6.45) is 2.02. The molecule has 0 amide bonds. The van der Waals surface area contributed by atoms with Gasteiger partial charge in [0.15, 0.2) is 0 Å². The van der Waals surface area contributed by atoms with Gasteiger partial charge in [-0.05, 0) is 36.5 Å². The van der Waals surface area contributed by atoms with E-state index in [1.165, 1.54) is 0 Å². The minimum Gasteiger partial charge on any atom is -0.396 e. The molecule has 0 spiro atoms. The van der Waals surface area contributed by atoms with Crippen LogP contribution in [0.4, 0.5) is 5.69 Å². The van der Waals surface area contributed by atoms with Crippen molar-refractivity contribution in [1.29, 1.82) is 0 Å². The number of hydrogen-bond acceptors (Lipinski definition) is 3. The quantitative estimate of drug-likeness (QED) is 0.864. The van der Waals surface area contributed by atoms with Crippen LogP contribution in [0.5, 0.6) is 0 Å². The summed E-state index contributed by atoms with van der Waals surface area (Å²) in [5, 5.41) is 9.72. The Bertz CT molecular complexity index is 384. The molecular weight excluding hydrogens is 236 g/mol. The van der Waals surface area contributed by atoms with E-state index in [4.69, 9.17) is 22.4 Å². The van der Waals surface area contributed by atoms with Crippen molar-refractivity contribution in [3.05, 3.63) is 28.8 Å². The molecule has 0 saturated carbocycles. The van der Waals surface area contributed by atoms with Gasteiger partial charge >= 0.3 is 0 Å². The fraction of sp³-hybridized carbons (Fsp3) is 0.538. The molecule has 1 atom stereocenters. The molecule has 1 heterocycles. The van der Waals surface area contributed by atoms with Gasteiger partial charge in [-0.1, -0.05) is 17.7 Å². The van der Waals surface area contributed by atoms with Crippen LogP contribution in [-0.4, -0.2) is 24.8 Å². The highest BCUT2D eigenvalue weighted by Crippen LogP contribution is 2.30. The first-order valence-electron chi connectivity index (χ1n) is 6.09. The Labute approximate surface area is 107 Å². The first kappa shape index (κ1) is 12.7. The lowest BCUT2D eigenvalue weighted by Gasteiger charge is -2.22. The molecule has 4 heteroatoms. The molecule has 1 saturated heterocycles. The second-order valence-electron chi connectivity index (χ2n) is 4.59. The molecule has 0 aliphatic carbocycles. The van der Waals surface area contributed by atoms with E-state index in [-0.39, 0.29) is 6.61 Å². The Morgan fingerprint density at radius 1 is 1.47 bits per heavy atom. The minimum absolute atomic E-state index is 0.276. The summed E-state index contributed by atoms with van der Waals surface area (Å²) >= 11 is 6.04. The molecule has 1 fully saturated rings. The lowest BCUT2D eigenvalue weighted by molar-refractivity contribution is 0.263. The monoisotopic (exact) mass is 254 g/mol. The lowest BCUT2D eigenvalue weighted by atomic mass is 10.1. The molecule has 94 valence electrons. The second kappa shape index (κ2) is 5.71. The maximum Gasteiger partial charge on any atom is 0.0434 e. The summed E-state index contributed by atoms with van der Waals surface area (Å²) in [6.45, 7) is 2.83. The van der Waals surface area contributed by atoms with Crippen LogP contribution < -0.4 is 10.6 Å². The smallest absolute Gasteiger partial charge is 0.0434 e. The molecule has 0 aromatic heterocycles. The van der Waals surface area contributed by atoms with E-state index in [9.17, 15) is 0 Å². The Balaban J connectivity index is 2.14. The highest BCUT2D eigenvalue weighted by Gasteiger charge is 2.23. The van der Waals surface area contributed by atoms with Crippen LogP contribution in [-0.2, 0) is 6.54 Å². The molecule has 17 heavy (non-hydrogen) atoms. The Morgan fingerprint density at radius 2 is 2.29 bits per heavy atom. The van der Waals surface area contributed by atoms with E-state index in [0.717, 1.165) is 42.2 Å². The predicted molar refractivity (Wildman–Crippen MR) is 71.4 cm³/mol. The highest BCUT2D eigenvalue weighted by molar-refractivity contribution is 6.30. The van der Waals surface area contributed by atoms with Crippen LogP contribution >= 0.6 is 11.6 Å². The van der Waals surface area contributed by atoms with Crippen LogP contribution in [0.15, 0.2) is 18.2 Å². The fourth-order valence-corrected chi connectivity index (χ4v) is 2.64. The van der Waals surface area contributed by atoms with Gasteiger partial charge < -0.3 is 15.7 Å². The van der Waals surface area contributed by atoms with Crippen molar-refractivity contribution in [2.24, 2.45) is 11.7 Å². The topological polar surface area (TPSA) is 49.5 Å². The van der Waals surface area contributed by atoms with Crippen LogP contribution in [0.3, 0.4) is 0 Å². The van der Waals surface area contributed by atoms with Crippen molar-refractivity contribution >= 4 is 17.3 Å². The number of hydrogen-bond donors (Lipinski definition) is 2. The van der Waals surface area contributed by atoms with Crippen LogP contribution in [0.25, 0.3) is 0 Å². The van der Waals surface area contributed by atoms with Gasteiger partial charge in [-0.15, -0.1) is 0 Å². The third-order valence-electron chi connectivity index (χ3n) is 3.43. The van der Waals surface area contributed by atoms with Gasteiger partial charge in [0, 0.05) is 37.0 Å². The van der Waals surface area contributed by atoms with E-state index in [2.05, 4.69) is 4.90 Å². The van der Waals surface area contributed by atoms with E-state index in [0.29, 0.717) is 12.5 Å². The number of rotatable bonds is 4. The number of benzene rings is 1. The van der Waals surface area contributed by atoms with E-state index in [1.54, 1.807) is 0 Å². The first-order valence-corrected chi connectivity index (χ1v) is 6.46. The zero-order chi connectivity index (χ0) is 12.3. The molecule has 1 aliphatic rings. The Kier molecular flexibility index (Phi) is 4.26. The second-order valence-corrected chi connectivity index (χ2v) is 5.03. The van der Waals surface area contributed by atoms with Gasteiger partial charge in [-0.25, -0.2) is 0 Å². The van der Waals surface area contributed by atoms with E-state index >= 15 is 0 Å². The van der Waals surface area contributed by atoms with Gasteiger partial charge in [0.1, 0.15) is 0 Å². The third-order valence-corrected chi connectivity index (χ3v) is 3.67. The van der Waals surface area contributed by atoms with Gasteiger partial charge in [0.05, 0.1) is 0 Å². The summed E-state index contributed by atoms with van der Waals surface area (Å²) in [7, 11) is 0. The molecule has 1 aliphatic heterocycles. The summed E-state index contributed by atoms with van der Waals surface area (Å²) in [6, 6.07) is 5.87. The Hall–Kier alpha value is -0.770. The molecular formula is C13H19ClN2O. The molecule has 0 bridgehead atoms. The van der Waals surface area contributed by atoms with Gasteiger partial charge in [0.2, 0.25) is 0 Å². The average molecular weight is 255 g/mol. The number of nitrogens with two attached hydrogens (primary N) is 1. The first-order chi connectivity index (χ1) is 8.24. The average Bonchev–Trinajstić information content (AvgIpc) is 2.78. The zero-order valence-electron chi connectivity index (χ0n) is 9.90. The molecule has 1 aromatic rings. The van der Waals surface area contributed by atoms with Crippen molar-refractivity contribution in [2.45, 2.75) is 19.4 Å². The minimum atomic E-state index is 0.276. The molecule has 1 unspecified atom stereocenters. The molecule has 3 N–H and O–H groups in total. The fourth-order valence-electron chi connectivity index (χ4n) is 2.47. The maximum absolute atomic E-state index is 8.97. The molecule has 2 rings (SSSR count). The number of nitrogens with zero attached hydrogens (tertiary/aromatic N) is 1. The normalized spacial score (nSPS) is 19.9.